The summed E-state index contributed by atoms with van der Waals surface area (Å²) in [5.41, 5.74) is -0.201. The molecule has 0 aliphatic carbocycles. The topological polar surface area (TPSA) is 39.3 Å². The van der Waals surface area contributed by atoms with Crippen LogP contribution in [0.3, 0.4) is 0 Å². The van der Waals surface area contributed by atoms with Crippen LogP contribution in [0, 0.1) is 0 Å². The van der Waals surface area contributed by atoms with Crippen LogP contribution in [0.4, 0.5) is 4.79 Å². The maximum absolute atomic E-state index is 12.2. The molecule has 0 aromatic heterocycles. The van der Waals surface area contributed by atoms with Gasteiger partial charge in [0.2, 0.25) is 0 Å². The maximum atomic E-state index is 12.2. The summed E-state index contributed by atoms with van der Waals surface area (Å²) in [7, 11) is 6.46. The summed E-state index contributed by atoms with van der Waals surface area (Å²) in [6.45, 7) is 7.11. The van der Waals surface area contributed by atoms with Crippen molar-refractivity contribution in [1.82, 2.24) is 19.6 Å². The van der Waals surface area contributed by atoms with E-state index in [0.717, 1.165) is 58.5 Å². The lowest BCUT2D eigenvalue weighted by molar-refractivity contribution is 0.00658. The Labute approximate surface area is 140 Å². The molecule has 3 fully saturated rings. The first-order chi connectivity index (χ1) is 11.0. The van der Waals surface area contributed by atoms with Gasteiger partial charge in [0, 0.05) is 45.1 Å². The predicted octanol–water partition coefficient (Wildman–Crippen LogP) is 0.929. The second-order valence-electron chi connectivity index (χ2n) is 7.84. The number of piperidine rings is 1. The first-order valence-corrected chi connectivity index (χ1v) is 9.03. The second-order valence-corrected chi connectivity index (χ2v) is 7.84. The Kier molecular flexibility index (Phi) is 5.13. The van der Waals surface area contributed by atoms with Crippen LogP contribution < -0.4 is 0 Å². The number of nitrogens with zero attached hydrogens (tertiary/aromatic N) is 4. The van der Waals surface area contributed by atoms with E-state index in [4.69, 9.17) is 4.74 Å². The molecule has 3 aliphatic rings. The van der Waals surface area contributed by atoms with Crippen molar-refractivity contribution in [2.45, 2.75) is 37.3 Å². The number of carbonyl (C=O) groups is 1. The van der Waals surface area contributed by atoms with Crippen LogP contribution in [-0.2, 0) is 4.74 Å². The molecule has 0 N–H and O–H groups in total. The molecule has 3 aliphatic heterocycles. The highest BCUT2D eigenvalue weighted by atomic mass is 16.6. The van der Waals surface area contributed by atoms with Gasteiger partial charge in [-0.05, 0) is 47.1 Å². The van der Waals surface area contributed by atoms with E-state index in [1.54, 1.807) is 0 Å². The first-order valence-electron chi connectivity index (χ1n) is 9.03. The summed E-state index contributed by atoms with van der Waals surface area (Å²) in [5, 5.41) is 0. The summed E-state index contributed by atoms with van der Waals surface area (Å²) in [6.07, 6.45) is 4.16. The third-order valence-electron chi connectivity index (χ3n) is 5.82. The average Bonchev–Trinajstić information content (AvgIpc) is 3.09. The highest BCUT2D eigenvalue weighted by Crippen LogP contribution is 2.32. The minimum absolute atomic E-state index is 0.0952. The predicted molar refractivity (Wildman–Crippen MR) is 90.7 cm³/mol. The fourth-order valence-electron chi connectivity index (χ4n) is 4.07. The number of hydrogen-bond donors (Lipinski definition) is 0. The summed E-state index contributed by atoms with van der Waals surface area (Å²) >= 11 is 0. The van der Waals surface area contributed by atoms with Crippen molar-refractivity contribution in [2.24, 2.45) is 0 Å². The van der Waals surface area contributed by atoms with Crippen LogP contribution >= 0.6 is 0 Å². The third kappa shape index (κ3) is 3.98. The number of likely N-dealkylation sites (tertiary alicyclic amines) is 2. The van der Waals surface area contributed by atoms with Crippen LogP contribution in [0.1, 0.15) is 25.7 Å². The second kappa shape index (κ2) is 6.95. The van der Waals surface area contributed by atoms with E-state index in [0.29, 0.717) is 6.04 Å². The van der Waals surface area contributed by atoms with Crippen LogP contribution in [0.5, 0.6) is 0 Å². The Hall–Kier alpha value is -0.850. The highest BCUT2D eigenvalue weighted by molar-refractivity contribution is 5.70. The quantitative estimate of drug-likeness (QED) is 0.752. The first kappa shape index (κ1) is 17.0. The Morgan fingerprint density at radius 3 is 2.61 bits per heavy atom. The van der Waals surface area contributed by atoms with Crippen molar-refractivity contribution in [3.8, 4) is 0 Å². The minimum Gasteiger partial charge on any atom is -0.441 e. The van der Waals surface area contributed by atoms with E-state index in [1.165, 1.54) is 13.0 Å². The molecule has 1 atom stereocenters. The summed E-state index contributed by atoms with van der Waals surface area (Å²) < 4.78 is 5.76. The van der Waals surface area contributed by atoms with Crippen molar-refractivity contribution in [3.05, 3.63) is 0 Å². The van der Waals surface area contributed by atoms with Crippen LogP contribution in [0.2, 0.25) is 0 Å². The van der Waals surface area contributed by atoms with E-state index >= 15 is 0 Å². The van der Waals surface area contributed by atoms with Crippen molar-refractivity contribution >= 4 is 6.09 Å². The van der Waals surface area contributed by atoms with Gasteiger partial charge in [-0.1, -0.05) is 0 Å². The molecule has 0 aromatic carbocycles. The van der Waals surface area contributed by atoms with E-state index in [2.05, 4.69) is 35.8 Å². The minimum atomic E-state index is -0.201. The Balaban J connectivity index is 1.40. The molecule has 3 rings (SSSR count). The van der Waals surface area contributed by atoms with Gasteiger partial charge in [0.15, 0.2) is 0 Å². The normalized spacial score (nSPS) is 29.0. The van der Waals surface area contributed by atoms with Crippen molar-refractivity contribution in [1.29, 1.82) is 0 Å². The molecular formula is C17H32N4O2. The zero-order valence-electron chi connectivity index (χ0n) is 15.0. The van der Waals surface area contributed by atoms with E-state index in [1.807, 2.05) is 4.90 Å². The van der Waals surface area contributed by atoms with Gasteiger partial charge in [-0.15, -0.1) is 0 Å². The van der Waals surface area contributed by atoms with Gasteiger partial charge in [0.1, 0.15) is 5.60 Å². The van der Waals surface area contributed by atoms with E-state index in [9.17, 15) is 4.79 Å². The van der Waals surface area contributed by atoms with Crippen LogP contribution in [0.25, 0.3) is 0 Å². The van der Waals surface area contributed by atoms with Gasteiger partial charge in [-0.3, -0.25) is 0 Å². The largest absolute Gasteiger partial charge is 0.441 e. The number of ether oxygens (including phenoxy) is 1. The molecule has 132 valence electrons. The number of carbonyl (C=O) groups excluding carboxylic acids is 1. The van der Waals surface area contributed by atoms with E-state index in [-0.39, 0.29) is 11.7 Å². The molecule has 6 nitrogen and oxygen atoms in total. The highest BCUT2D eigenvalue weighted by Gasteiger charge is 2.46. The Morgan fingerprint density at radius 1 is 1.22 bits per heavy atom. The molecule has 23 heavy (non-hydrogen) atoms. The maximum Gasteiger partial charge on any atom is 0.410 e. The number of hydrogen-bond acceptors (Lipinski definition) is 5. The molecule has 0 aromatic rings. The fraction of sp³-hybridized carbons (Fsp3) is 0.941. The molecular weight excluding hydrogens is 292 g/mol. The standard InChI is InChI=1S/C17H32N4O2/c1-18(2)15-5-10-20(13-15)8-4-9-21-14-17(23-16(21)22)6-11-19(3)12-7-17/h15H,4-14H2,1-3H3/t15-/m1/s1. The lowest BCUT2D eigenvalue weighted by Gasteiger charge is -2.35. The number of rotatable bonds is 5. The molecule has 1 amide bonds. The van der Waals surface area contributed by atoms with Crippen LogP contribution in [-0.4, -0.2) is 104 Å². The zero-order chi connectivity index (χ0) is 16.4. The van der Waals surface area contributed by atoms with Gasteiger partial charge in [0.05, 0.1) is 6.54 Å². The lowest BCUT2D eigenvalue weighted by Crippen LogP contribution is -2.45. The zero-order valence-corrected chi connectivity index (χ0v) is 15.0. The molecule has 0 saturated carbocycles. The van der Waals surface area contributed by atoms with Gasteiger partial charge in [-0.25, -0.2) is 4.79 Å². The fourth-order valence-corrected chi connectivity index (χ4v) is 4.07. The Morgan fingerprint density at radius 2 is 1.96 bits per heavy atom. The SMILES string of the molecule is CN1CCC2(CC1)CN(CCCN1CC[C@@H](N(C)C)C1)C(=O)O2. The third-order valence-corrected chi connectivity index (χ3v) is 5.82. The van der Waals surface area contributed by atoms with Gasteiger partial charge in [0.25, 0.3) is 0 Å². The summed E-state index contributed by atoms with van der Waals surface area (Å²) in [6, 6.07) is 0.689. The van der Waals surface area contributed by atoms with E-state index < -0.39 is 0 Å². The van der Waals surface area contributed by atoms with Crippen molar-refractivity contribution in [3.63, 3.8) is 0 Å². The number of likely N-dealkylation sites (N-methyl/N-ethyl adjacent to an activating group) is 1. The monoisotopic (exact) mass is 324 g/mol. The summed E-state index contributed by atoms with van der Waals surface area (Å²) in [4.78, 5) is 21.3. The van der Waals surface area contributed by atoms with Gasteiger partial charge < -0.3 is 24.3 Å². The molecule has 3 saturated heterocycles. The Bertz CT molecular complexity index is 421. The lowest BCUT2D eigenvalue weighted by atomic mass is 9.91. The van der Waals surface area contributed by atoms with Gasteiger partial charge in [-0.2, -0.15) is 0 Å². The molecule has 1 spiro atoms. The van der Waals surface area contributed by atoms with Crippen LogP contribution in [0.15, 0.2) is 0 Å². The smallest absolute Gasteiger partial charge is 0.410 e. The molecule has 6 heteroatoms. The average molecular weight is 324 g/mol. The molecule has 0 unspecified atom stereocenters. The van der Waals surface area contributed by atoms with Crippen molar-refractivity contribution in [2.75, 3.05) is 67.0 Å². The van der Waals surface area contributed by atoms with Crippen molar-refractivity contribution < 1.29 is 9.53 Å². The summed E-state index contributed by atoms with van der Waals surface area (Å²) in [5.74, 6) is 0. The molecule has 0 bridgehead atoms. The number of amides is 1. The molecule has 3 heterocycles. The molecule has 0 radical (unpaired) electrons. The van der Waals surface area contributed by atoms with Gasteiger partial charge >= 0.3 is 6.09 Å².